The Kier molecular flexibility index (Phi) is 9.28. The predicted molar refractivity (Wildman–Crippen MR) is 139 cm³/mol. The number of methoxy groups -OCH3 is 1. The van der Waals surface area contributed by atoms with Crippen LogP contribution in [0.4, 0.5) is 0 Å². The van der Waals surface area contributed by atoms with Gasteiger partial charge in [-0.1, -0.05) is 51.0 Å². The molecule has 4 heteroatoms. The first-order chi connectivity index (χ1) is 16.0. The third-order valence-electron chi connectivity index (χ3n) is 9.35. The third-order valence-corrected chi connectivity index (χ3v) is 9.35. The maximum absolute atomic E-state index is 10.2. The van der Waals surface area contributed by atoms with Crippen LogP contribution >= 0.6 is 0 Å². The van der Waals surface area contributed by atoms with Crippen molar-refractivity contribution in [3.8, 4) is 0 Å². The Bertz CT molecular complexity index is 760. The number of ether oxygens (including phenoxy) is 1. The van der Waals surface area contributed by atoms with Gasteiger partial charge < -0.3 is 20.1 Å². The molecule has 0 amide bonds. The van der Waals surface area contributed by atoms with Gasteiger partial charge in [-0.05, 0) is 99.5 Å². The van der Waals surface area contributed by atoms with Crippen molar-refractivity contribution in [1.29, 1.82) is 0 Å². The molecule has 194 valence electrons. The lowest BCUT2D eigenvalue weighted by molar-refractivity contribution is -0.0116. The maximum Gasteiger partial charge on any atom is 0.0811 e. The van der Waals surface area contributed by atoms with Gasteiger partial charge in [-0.15, -0.1) is 0 Å². The zero-order chi connectivity index (χ0) is 25.1. The van der Waals surface area contributed by atoms with Crippen molar-refractivity contribution in [3.05, 3.63) is 35.5 Å². The Hall–Kier alpha value is -0.940. The zero-order valence-electron chi connectivity index (χ0n) is 22.4. The molecule has 0 aromatic rings. The van der Waals surface area contributed by atoms with Crippen LogP contribution in [0.25, 0.3) is 0 Å². The van der Waals surface area contributed by atoms with E-state index in [-0.39, 0.29) is 6.10 Å². The minimum absolute atomic E-state index is 0.271. The molecule has 0 bridgehead atoms. The summed E-state index contributed by atoms with van der Waals surface area (Å²) in [5, 5.41) is 30.3. The Balaban J connectivity index is 1.68. The van der Waals surface area contributed by atoms with Crippen LogP contribution in [0.15, 0.2) is 35.5 Å². The van der Waals surface area contributed by atoms with Crippen LogP contribution in [0.3, 0.4) is 0 Å². The topological polar surface area (TPSA) is 69.9 Å². The van der Waals surface area contributed by atoms with Crippen molar-refractivity contribution in [2.45, 2.75) is 122 Å². The highest BCUT2D eigenvalue weighted by atomic mass is 16.5. The van der Waals surface area contributed by atoms with E-state index in [0.717, 1.165) is 43.3 Å². The van der Waals surface area contributed by atoms with Crippen LogP contribution in [-0.4, -0.2) is 46.3 Å². The van der Waals surface area contributed by atoms with E-state index in [4.69, 9.17) is 4.74 Å². The molecule has 4 nitrogen and oxygen atoms in total. The molecule has 0 spiro atoms. The average molecular weight is 475 g/mol. The highest BCUT2D eigenvalue weighted by molar-refractivity contribution is 5.38. The highest BCUT2D eigenvalue weighted by Crippen LogP contribution is 2.60. The molecular weight excluding hydrogens is 424 g/mol. The molecule has 0 unspecified atom stereocenters. The number of aliphatic hydroxyl groups excluding tert-OH is 2. The molecule has 3 fully saturated rings. The van der Waals surface area contributed by atoms with E-state index < -0.39 is 17.8 Å². The number of hydrogen-bond donors (Lipinski definition) is 3. The Morgan fingerprint density at radius 3 is 2.62 bits per heavy atom. The first-order valence-corrected chi connectivity index (χ1v) is 13.7. The molecule has 3 saturated carbocycles. The van der Waals surface area contributed by atoms with Gasteiger partial charge in [0.2, 0.25) is 0 Å². The standard InChI is InChI=1S/C30H50O4/c1-20-23(18-24(31)19-27(20)32)13-12-22-10-9-17-30(5)25(14-15-26(22)30)21(2)28(34-6)11-7-8-16-29(3,4)33/h12-13,21,24-28,31-33H,1,7-11,14-19H2,2-6H3/b22-12+,23-13-/t21-,24-,25-,26+,27+,28-,30-/m1/s1. The Morgan fingerprint density at radius 2 is 1.94 bits per heavy atom. The van der Waals surface area contributed by atoms with E-state index in [9.17, 15) is 15.3 Å². The molecule has 3 N–H and O–H groups in total. The van der Waals surface area contributed by atoms with E-state index >= 15 is 0 Å². The van der Waals surface area contributed by atoms with Crippen molar-refractivity contribution in [2.24, 2.45) is 23.2 Å². The number of allylic oxidation sites excluding steroid dienone is 3. The molecule has 7 atom stereocenters. The van der Waals surface area contributed by atoms with Crippen LogP contribution < -0.4 is 0 Å². The molecule has 0 aliphatic heterocycles. The van der Waals surface area contributed by atoms with E-state index in [1.165, 1.54) is 31.3 Å². The third kappa shape index (κ3) is 6.43. The Labute approximate surface area is 208 Å². The first-order valence-electron chi connectivity index (χ1n) is 13.7. The van der Waals surface area contributed by atoms with Gasteiger partial charge in [0.05, 0.1) is 23.9 Å². The zero-order valence-corrected chi connectivity index (χ0v) is 22.4. The molecule has 0 aromatic heterocycles. The van der Waals surface area contributed by atoms with Crippen LogP contribution in [-0.2, 0) is 4.74 Å². The van der Waals surface area contributed by atoms with Gasteiger partial charge in [0, 0.05) is 13.5 Å². The van der Waals surface area contributed by atoms with Crippen LogP contribution in [0.1, 0.15) is 98.3 Å². The summed E-state index contributed by atoms with van der Waals surface area (Å²) in [5.41, 5.74) is 3.03. The summed E-state index contributed by atoms with van der Waals surface area (Å²) in [6.45, 7) is 12.8. The molecular formula is C30H50O4. The van der Waals surface area contributed by atoms with Gasteiger partial charge in [-0.3, -0.25) is 0 Å². The molecule has 3 aliphatic carbocycles. The average Bonchev–Trinajstić information content (AvgIpc) is 3.11. The largest absolute Gasteiger partial charge is 0.393 e. The van der Waals surface area contributed by atoms with Gasteiger partial charge in [0.1, 0.15) is 0 Å². The van der Waals surface area contributed by atoms with Gasteiger partial charge in [0.15, 0.2) is 0 Å². The minimum atomic E-state index is -0.629. The van der Waals surface area contributed by atoms with Gasteiger partial charge in [-0.2, -0.15) is 0 Å². The van der Waals surface area contributed by atoms with Crippen molar-refractivity contribution in [2.75, 3.05) is 7.11 Å². The monoisotopic (exact) mass is 474 g/mol. The fraction of sp³-hybridized carbons (Fsp3) is 0.800. The molecule has 3 rings (SSSR count). The summed E-state index contributed by atoms with van der Waals surface area (Å²) in [6.07, 6.45) is 14.7. The smallest absolute Gasteiger partial charge is 0.0811 e. The second kappa shape index (κ2) is 11.4. The second-order valence-corrected chi connectivity index (χ2v) is 12.4. The normalized spacial score (nSPS) is 36.6. The molecule has 3 aliphatic rings. The van der Waals surface area contributed by atoms with Crippen molar-refractivity contribution >= 4 is 0 Å². The number of rotatable bonds is 9. The number of hydrogen-bond acceptors (Lipinski definition) is 4. The lowest BCUT2D eigenvalue weighted by Gasteiger charge is -2.45. The number of aliphatic hydroxyl groups is 3. The number of fused-ring (bicyclic) bond motifs is 1. The summed E-state index contributed by atoms with van der Waals surface area (Å²) < 4.78 is 6.02. The van der Waals surface area contributed by atoms with Crippen LogP contribution in [0.2, 0.25) is 0 Å². The summed E-state index contributed by atoms with van der Waals surface area (Å²) in [4.78, 5) is 0. The Morgan fingerprint density at radius 1 is 1.21 bits per heavy atom. The molecule has 0 heterocycles. The van der Waals surface area contributed by atoms with E-state index in [1.54, 1.807) is 0 Å². The first kappa shape index (κ1) is 27.6. The minimum Gasteiger partial charge on any atom is -0.393 e. The fourth-order valence-electron chi connectivity index (χ4n) is 7.37. The van der Waals surface area contributed by atoms with Crippen molar-refractivity contribution in [3.63, 3.8) is 0 Å². The van der Waals surface area contributed by atoms with E-state index in [2.05, 4.69) is 32.6 Å². The second-order valence-electron chi connectivity index (χ2n) is 12.4. The summed E-state index contributed by atoms with van der Waals surface area (Å²) in [6, 6.07) is 0. The molecule has 34 heavy (non-hydrogen) atoms. The highest BCUT2D eigenvalue weighted by Gasteiger charge is 2.51. The predicted octanol–water partition coefficient (Wildman–Crippen LogP) is 6.11. The molecule has 0 radical (unpaired) electrons. The quantitative estimate of drug-likeness (QED) is 0.353. The molecule has 0 saturated heterocycles. The van der Waals surface area contributed by atoms with E-state index in [0.29, 0.717) is 36.0 Å². The SMILES string of the molecule is C=C1/C(=C\C=C2/CCC[C@]3(C)[C@@H]([C@@H](C)[C@@H](CCCCC(C)(C)O)OC)CC[C@@H]23)C[C@@H](O)C[C@@H]1O. The summed E-state index contributed by atoms with van der Waals surface area (Å²) in [5.74, 6) is 1.77. The van der Waals surface area contributed by atoms with Gasteiger partial charge in [0.25, 0.3) is 0 Å². The molecule has 0 aromatic carbocycles. The summed E-state index contributed by atoms with van der Waals surface area (Å²) in [7, 11) is 1.87. The van der Waals surface area contributed by atoms with Crippen molar-refractivity contribution < 1.29 is 20.1 Å². The van der Waals surface area contributed by atoms with Gasteiger partial charge in [-0.25, -0.2) is 0 Å². The lowest BCUT2D eigenvalue weighted by Crippen LogP contribution is -2.39. The fourth-order valence-corrected chi connectivity index (χ4v) is 7.37. The maximum atomic E-state index is 10.2. The van der Waals surface area contributed by atoms with Gasteiger partial charge >= 0.3 is 0 Å². The summed E-state index contributed by atoms with van der Waals surface area (Å²) >= 11 is 0. The van der Waals surface area contributed by atoms with E-state index in [1.807, 2.05) is 21.0 Å². The van der Waals surface area contributed by atoms with Crippen LogP contribution in [0.5, 0.6) is 0 Å². The van der Waals surface area contributed by atoms with Crippen molar-refractivity contribution in [1.82, 2.24) is 0 Å². The number of unbranched alkanes of at least 4 members (excludes halogenated alkanes) is 1. The lowest BCUT2D eigenvalue weighted by atomic mass is 9.60. The van der Waals surface area contributed by atoms with Crippen LogP contribution in [0, 0.1) is 23.2 Å².